The standard InChI is InChI=1S/C11H19N5S/c1-7-5-9(10(12)17)15-11(14-7)13-6-8(2)16(3)4/h5,8H,6H2,1-4H3,(H2,12,17)(H,13,14,15). The molecule has 1 aromatic rings. The lowest BCUT2D eigenvalue weighted by atomic mass is 10.3. The van der Waals surface area contributed by atoms with Crippen molar-refractivity contribution in [3.8, 4) is 0 Å². The lowest BCUT2D eigenvalue weighted by molar-refractivity contribution is 0.325. The van der Waals surface area contributed by atoms with Gasteiger partial charge in [-0.2, -0.15) is 0 Å². The van der Waals surface area contributed by atoms with Crippen molar-refractivity contribution in [3.63, 3.8) is 0 Å². The van der Waals surface area contributed by atoms with E-state index in [4.69, 9.17) is 18.0 Å². The fourth-order valence-electron chi connectivity index (χ4n) is 1.20. The first-order chi connectivity index (χ1) is 7.90. The number of likely N-dealkylation sites (N-methyl/N-ethyl adjacent to an activating group) is 1. The maximum absolute atomic E-state index is 5.56. The van der Waals surface area contributed by atoms with Crippen molar-refractivity contribution in [2.45, 2.75) is 19.9 Å². The minimum atomic E-state index is 0.291. The molecule has 0 amide bonds. The number of anilines is 1. The molecule has 94 valence electrons. The van der Waals surface area contributed by atoms with Crippen LogP contribution in [0.5, 0.6) is 0 Å². The van der Waals surface area contributed by atoms with Gasteiger partial charge in [-0.15, -0.1) is 0 Å². The molecule has 17 heavy (non-hydrogen) atoms. The predicted octanol–water partition coefficient (Wildman–Crippen LogP) is 0.781. The first-order valence-electron chi connectivity index (χ1n) is 5.46. The molecule has 0 aliphatic carbocycles. The normalized spacial score (nSPS) is 12.5. The molecule has 3 N–H and O–H groups in total. The molecule has 0 aliphatic rings. The van der Waals surface area contributed by atoms with Gasteiger partial charge in [-0.25, -0.2) is 9.97 Å². The summed E-state index contributed by atoms with van der Waals surface area (Å²) in [6.45, 7) is 4.79. The summed E-state index contributed by atoms with van der Waals surface area (Å²) in [6.07, 6.45) is 0. The van der Waals surface area contributed by atoms with Crippen LogP contribution in [0.15, 0.2) is 6.07 Å². The van der Waals surface area contributed by atoms with Gasteiger partial charge in [0.1, 0.15) is 10.7 Å². The summed E-state index contributed by atoms with van der Waals surface area (Å²) in [5.74, 6) is 0.571. The monoisotopic (exact) mass is 253 g/mol. The molecule has 0 aliphatic heterocycles. The third-order valence-electron chi connectivity index (χ3n) is 2.54. The van der Waals surface area contributed by atoms with Gasteiger partial charge in [0, 0.05) is 18.3 Å². The van der Waals surface area contributed by atoms with E-state index in [1.807, 2.05) is 21.0 Å². The zero-order valence-corrected chi connectivity index (χ0v) is 11.5. The molecule has 6 heteroatoms. The van der Waals surface area contributed by atoms with Gasteiger partial charge in [0.2, 0.25) is 5.95 Å². The Balaban J connectivity index is 2.74. The van der Waals surface area contributed by atoms with Crippen LogP contribution in [0.3, 0.4) is 0 Å². The molecule has 0 bridgehead atoms. The van der Waals surface area contributed by atoms with E-state index in [2.05, 4.69) is 27.1 Å². The molecule has 0 fully saturated rings. The number of nitrogens with two attached hydrogens (primary N) is 1. The fourth-order valence-corrected chi connectivity index (χ4v) is 1.30. The van der Waals surface area contributed by atoms with Gasteiger partial charge < -0.3 is 16.0 Å². The van der Waals surface area contributed by atoms with E-state index in [0.29, 0.717) is 22.7 Å². The third kappa shape index (κ3) is 4.24. The summed E-state index contributed by atoms with van der Waals surface area (Å²) in [4.78, 5) is 11.0. The summed E-state index contributed by atoms with van der Waals surface area (Å²) >= 11 is 4.91. The molecular formula is C11H19N5S. The van der Waals surface area contributed by atoms with Crippen LogP contribution in [0.4, 0.5) is 5.95 Å². The molecule has 1 aromatic heterocycles. The van der Waals surface area contributed by atoms with Crippen LogP contribution in [-0.4, -0.2) is 46.5 Å². The van der Waals surface area contributed by atoms with Gasteiger partial charge in [0.05, 0.1) is 0 Å². The maximum Gasteiger partial charge on any atom is 0.223 e. The Hall–Kier alpha value is -1.27. The molecule has 0 spiro atoms. The average Bonchev–Trinajstić information content (AvgIpc) is 2.24. The number of nitrogens with one attached hydrogen (secondary N) is 1. The quantitative estimate of drug-likeness (QED) is 0.756. The zero-order valence-electron chi connectivity index (χ0n) is 10.7. The Morgan fingerprint density at radius 3 is 2.71 bits per heavy atom. The van der Waals surface area contributed by atoms with Crippen molar-refractivity contribution in [2.75, 3.05) is 26.0 Å². The van der Waals surface area contributed by atoms with Crippen LogP contribution in [-0.2, 0) is 0 Å². The maximum atomic E-state index is 5.56. The van der Waals surface area contributed by atoms with E-state index in [1.165, 1.54) is 0 Å². The van der Waals surface area contributed by atoms with Crippen LogP contribution >= 0.6 is 12.2 Å². The highest BCUT2D eigenvalue weighted by molar-refractivity contribution is 7.80. The van der Waals surface area contributed by atoms with Crippen LogP contribution in [0, 0.1) is 6.92 Å². The Labute approximate surface area is 107 Å². The third-order valence-corrected chi connectivity index (χ3v) is 2.75. The molecular weight excluding hydrogens is 234 g/mol. The SMILES string of the molecule is Cc1cc(C(N)=S)nc(NCC(C)N(C)C)n1. The van der Waals surface area contributed by atoms with Crippen LogP contribution in [0.2, 0.25) is 0 Å². The number of rotatable bonds is 5. The predicted molar refractivity (Wildman–Crippen MR) is 74.3 cm³/mol. The summed E-state index contributed by atoms with van der Waals surface area (Å²) in [6, 6.07) is 2.18. The van der Waals surface area contributed by atoms with Crippen molar-refractivity contribution in [2.24, 2.45) is 5.73 Å². The molecule has 5 nitrogen and oxygen atoms in total. The lowest BCUT2D eigenvalue weighted by Gasteiger charge is -2.20. The van der Waals surface area contributed by atoms with Crippen molar-refractivity contribution in [3.05, 3.63) is 17.5 Å². The number of hydrogen-bond donors (Lipinski definition) is 2. The molecule has 0 radical (unpaired) electrons. The minimum Gasteiger partial charge on any atom is -0.388 e. The van der Waals surface area contributed by atoms with E-state index < -0.39 is 0 Å². The first-order valence-corrected chi connectivity index (χ1v) is 5.86. The first kappa shape index (κ1) is 13.8. The second-order valence-electron chi connectivity index (χ2n) is 4.28. The number of hydrogen-bond acceptors (Lipinski definition) is 5. The number of aromatic nitrogens is 2. The largest absolute Gasteiger partial charge is 0.388 e. The summed E-state index contributed by atoms with van der Waals surface area (Å²) < 4.78 is 0. The zero-order chi connectivity index (χ0) is 13.0. The van der Waals surface area contributed by atoms with Gasteiger partial charge in [0.25, 0.3) is 0 Å². The summed E-state index contributed by atoms with van der Waals surface area (Å²) in [5, 5.41) is 3.18. The highest BCUT2D eigenvalue weighted by atomic mass is 32.1. The molecule has 1 atom stereocenters. The Bertz CT molecular complexity index is 405. The van der Waals surface area contributed by atoms with Gasteiger partial charge in [-0.05, 0) is 34.0 Å². The highest BCUT2D eigenvalue weighted by Crippen LogP contribution is 2.05. The molecule has 1 unspecified atom stereocenters. The van der Waals surface area contributed by atoms with E-state index in [9.17, 15) is 0 Å². The van der Waals surface area contributed by atoms with Crippen LogP contribution in [0.25, 0.3) is 0 Å². The molecule has 1 rings (SSSR count). The second-order valence-corrected chi connectivity index (χ2v) is 4.72. The molecule has 0 saturated heterocycles. The highest BCUT2D eigenvalue weighted by Gasteiger charge is 2.07. The summed E-state index contributed by atoms with van der Waals surface area (Å²) in [5.41, 5.74) is 7.01. The van der Waals surface area contributed by atoms with Crippen molar-refractivity contribution < 1.29 is 0 Å². The van der Waals surface area contributed by atoms with E-state index in [-0.39, 0.29) is 0 Å². The Kier molecular flexibility index (Phi) is 4.77. The smallest absolute Gasteiger partial charge is 0.223 e. The second kappa shape index (κ2) is 5.88. The molecule has 0 saturated carbocycles. The number of thiocarbonyl (C=S) groups is 1. The number of nitrogens with zero attached hydrogens (tertiary/aromatic N) is 3. The lowest BCUT2D eigenvalue weighted by Crippen LogP contribution is -2.32. The van der Waals surface area contributed by atoms with Crippen LogP contribution < -0.4 is 11.1 Å². The van der Waals surface area contributed by atoms with E-state index in [1.54, 1.807) is 6.07 Å². The van der Waals surface area contributed by atoms with Crippen LogP contribution in [0.1, 0.15) is 18.3 Å². The molecule has 0 aromatic carbocycles. The number of aryl methyl sites for hydroxylation is 1. The van der Waals surface area contributed by atoms with Gasteiger partial charge in [0.15, 0.2) is 0 Å². The molecule has 1 heterocycles. The Morgan fingerprint density at radius 1 is 1.53 bits per heavy atom. The minimum absolute atomic E-state index is 0.291. The van der Waals surface area contributed by atoms with Gasteiger partial charge in [-0.3, -0.25) is 0 Å². The van der Waals surface area contributed by atoms with Gasteiger partial charge in [-0.1, -0.05) is 12.2 Å². The fraction of sp³-hybridized carbons (Fsp3) is 0.545. The average molecular weight is 253 g/mol. The topological polar surface area (TPSA) is 67.1 Å². The summed E-state index contributed by atoms with van der Waals surface area (Å²) in [7, 11) is 4.06. The van der Waals surface area contributed by atoms with Crippen molar-refractivity contribution in [1.29, 1.82) is 0 Å². The van der Waals surface area contributed by atoms with Gasteiger partial charge >= 0.3 is 0 Å². The van der Waals surface area contributed by atoms with E-state index in [0.717, 1.165) is 12.2 Å². The van der Waals surface area contributed by atoms with Crippen molar-refractivity contribution >= 4 is 23.2 Å². The Morgan fingerprint density at radius 2 is 2.18 bits per heavy atom. The van der Waals surface area contributed by atoms with E-state index >= 15 is 0 Å². The van der Waals surface area contributed by atoms with Crippen molar-refractivity contribution in [1.82, 2.24) is 14.9 Å².